The molecule has 0 bridgehead atoms. The van der Waals surface area contributed by atoms with E-state index in [-0.39, 0.29) is 0 Å². The van der Waals surface area contributed by atoms with Crippen LogP contribution in [-0.2, 0) is 6.54 Å². The van der Waals surface area contributed by atoms with E-state index >= 15 is 0 Å². The van der Waals surface area contributed by atoms with Crippen molar-refractivity contribution in [1.29, 1.82) is 0 Å². The predicted octanol–water partition coefficient (Wildman–Crippen LogP) is 3.31. The summed E-state index contributed by atoms with van der Waals surface area (Å²) in [4.78, 5) is 2.54. The second kappa shape index (κ2) is 7.30. The van der Waals surface area contributed by atoms with E-state index in [1.54, 1.807) is 7.11 Å². The van der Waals surface area contributed by atoms with Gasteiger partial charge in [0.25, 0.3) is 0 Å². The largest absolute Gasteiger partial charge is 0.496 e. The molecular weight excluding hydrogens is 272 g/mol. The third-order valence-corrected chi connectivity index (χ3v) is 4.32. The van der Waals surface area contributed by atoms with Crippen molar-refractivity contribution in [1.82, 2.24) is 10.2 Å². The first-order chi connectivity index (χ1) is 9.60. The monoisotopic (exact) mass is 296 g/mol. The van der Waals surface area contributed by atoms with Gasteiger partial charge < -0.3 is 15.0 Å². The number of benzene rings is 1. The molecule has 1 saturated heterocycles. The van der Waals surface area contributed by atoms with Crippen molar-refractivity contribution in [2.75, 3.05) is 20.2 Å². The Morgan fingerprint density at radius 3 is 2.65 bits per heavy atom. The third kappa shape index (κ3) is 4.11. The average Bonchev–Trinajstić information content (AvgIpc) is 2.45. The van der Waals surface area contributed by atoms with Crippen molar-refractivity contribution in [3.63, 3.8) is 0 Å². The third-order valence-electron chi connectivity index (χ3n) is 4.08. The van der Waals surface area contributed by atoms with E-state index in [9.17, 15) is 0 Å². The molecule has 1 aromatic carbocycles. The second-order valence-corrected chi connectivity index (χ2v) is 6.18. The molecule has 1 heterocycles. The Hall–Kier alpha value is -0.770. The second-order valence-electron chi connectivity index (χ2n) is 5.74. The van der Waals surface area contributed by atoms with Crippen LogP contribution in [0.25, 0.3) is 0 Å². The average molecular weight is 297 g/mol. The maximum Gasteiger partial charge on any atom is 0.123 e. The van der Waals surface area contributed by atoms with Gasteiger partial charge in [0.2, 0.25) is 0 Å². The first-order valence-corrected chi connectivity index (χ1v) is 7.77. The van der Waals surface area contributed by atoms with Gasteiger partial charge in [0.05, 0.1) is 7.11 Å². The van der Waals surface area contributed by atoms with Gasteiger partial charge in [-0.2, -0.15) is 0 Å². The molecular formula is C16H25ClN2O. The molecule has 20 heavy (non-hydrogen) atoms. The highest BCUT2D eigenvalue weighted by Crippen LogP contribution is 2.23. The molecule has 1 aromatic rings. The van der Waals surface area contributed by atoms with Crippen molar-refractivity contribution in [3.8, 4) is 5.75 Å². The Morgan fingerprint density at radius 2 is 2.05 bits per heavy atom. The molecule has 4 heteroatoms. The molecule has 0 unspecified atom stereocenters. The zero-order chi connectivity index (χ0) is 14.5. The molecule has 1 aliphatic heterocycles. The van der Waals surface area contributed by atoms with Crippen LogP contribution in [-0.4, -0.2) is 37.2 Å². The standard InChI is InChI=1S/C16H25ClN2O/c1-12(2)19-8-6-15(7-9-19)18-11-13-10-14(17)4-5-16(13)20-3/h4-5,10,12,15,18H,6-9,11H2,1-3H3. The summed E-state index contributed by atoms with van der Waals surface area (Å²) in [5.74, 6) is 0.904. The van der Waals surface area contributed by atoms with Gasteiger partial charge in [-0.3, -0.25) is 0 Å². The normalized spacial score (nSPS) is 17.6. The van der Waals surface area contributed by atoms with Crippen LogP contribution in [0.3, 0.4) is 0 Å². The Bertz CT molecular complexity index is 428. The molecule has 3 nitrogen and oxygen atoms in total. The lowest BCUT2D eigenvalue weighted by Gasteiger charge is -2.35. The van der Waals surface area contributed by atoms with Crippen LogP contribution in [0.1, 0.15) is 32.3 Å². The fraction of sp³-hybridized carbons (Fsp3) is 0.625. The number of nitrogens with zero attached hydrogens (tertiary/aromatic N) is 1. The minimum absolute atomic E-state index is 0.591. The highest BCUT2D eigenvalue weighted by molar-refractivity contribution is 6.30. The molecule has 1 aliphatic rings. The molecule has 0 amide bonds. The van der Waals surface area contributed by atoms with Crippen LogP contribution in [0.4, 0.5) is 0 Å². The molecule has 0 atom stereocenters. The van der Waals surface area contributed by atoms with Crippen LogP contribution in [0.15, 0.2) is 18.2 Å². The molecule has 0 radical (unpaired) electrons. The SMILES string of the molecule is COc1ccc(Cl)cc1CNC1CCN(C(C)C)CC1. The van der Waals surface area contributed by atoms with Crippen LogP contribution >= 0.6 is 11.6 Å². The van der Waals surface area contributed by atoms with E-state index in [2.05, 4.69) is 24.1 Å². The van der Waals surface area contributed by atoms with Crippen LogP contribution in [0.5, 0.6) is 5.75 Å². The van der Waals surface area contributed by atoms with Gasteiger partial charge in [-0.1, -0.05) is 11.6 Å². The van der Waals surface area contributed by atoms with Crippen molar-refractivity contribution in [2.24, 2.45) is 0 Å². The predicted molar refractivity (Wildman–Crippen MR) is 84.6 cm³/mol. The van der Waals surface area contributed by atoms with Gasteiger partial charge in [0.15, 0.2) is 0 Å². The minimum atomic E-state index is 0.591. The van der Waals surface area contributed by atoms with Gasteiger partial charge in [0, 0.05) is 29.2 Å². The van der Waals surface area contributed by atoms with E-state index < -0.39 is 0 Å². The van der Waals surface area contributed by atoms with Gasteiger partial charge in [-0.15, -0.1) is 0 Å². The topological polar surface area (TPSA) is 24.5 Å². The molecule has 0 aromatic heterocycles. The van der Waals surface area contributed by atoms with Crippen molar-refractivity contribution in [3.05, 3.63) is 28.8 Å². The Morgan fingerprint density at radius 1 is 1.35 bits per heavy atom. The number of nitrogens with one attached hydrogen (secondary N) is 1. The van der Waals surface area contributed by atoms with E-state index in [1.165, 1.54) is 25.9 Å². The molecule has 0 aliphatic carbocycles. The smallest absolute Gasteiger partial charge is 0.123 e. The number of methoxy groups -OCH3 is 1. The van der Waals surface area contributed by atoms with Gasteiger partial charge in [-0.25, -0.2) is 0 Å². The lowest BCUT2D eigenvalue weighted by Crippen LogP contribution is -2.44. The zero-order valence-corrected chi connectivity index (χ0v) is 13.4. The summed E-state index contributed by atoms with van der Waals surface area (Å²) in [6.45, 7) is 7.72. The Kier molecular flexibility index (Phi) is 5.70. The van der Waals surface area contributed by atoms with E-state index in [4.69, 9.17) is 16.3 Å². The fourth-order valence-electron chi connectivity index (χ4n) is 2.76. The van der Waals surface area contributed by atoms with Gasteiger partial charge in [0.1, 0.15) is 5.75 Å². The number of ether oxygens (including phenoxy) is 1. The van der Waals surface area contributed by atoms with E-state index in [0.717, 1.165) is 22.9 Å². The number of piperidine rings is 1. The van der Waals surface area contributed by atoms with Crippen LogP contribution in [0.2, 0.25) is 5.02 Å². The number of likely N-dealkylation sites (tertiary alicyclic amines) is 1. The lowest BCUT2D eigenvalue weighted by molar-refractivity contribution is 0.160. The Balaban J connectivity index is 1.86. The van der Waals surface area contributed by atoms with Gasteiger partial charge in [-0.05, 0) is 58.0 Å². The van der Waals surface area contributed by atoms with Crippen LogP contribution < -0.4 is 10.1 Å². The molecule has 1 fully saturated rings. The summed E-state index contributed by atoms with van der Waals surface area (Å²) in [6, 6.07) is 7.03. The number of rotatable bonds is 5. The number of hydrogen-bond donors (Lipinski definition) is 1. The molecule has 0 saturated carbocycles. The van der Waals surface area contributed by atoms with Crippen molar-refractivity contribution < 1.29 is 4.74 Å². The van der Waals surface area contributed by atoms with E-state index in [1.807, 2.05) is 18.2 Å². The fourth-order valence-corrected chi connectivity index (χ4v) is 2.95. The number of halogens is 1. The minimum Gasteiger partial charge on any atom is -0.496 e. The summed E-state index contributed by atoms with van der Waals surface area (Å²) in [5.41, 5.74) is 1.13. The summed E-state index contributed by atoms with van der Waals surface area (Å²) in [7, 11) is 1.70. The maximum atomic E-state index is 6.06. The summed E-state index contributed by atoms with van der Waals surface area (Å²) >= 11 is 6.06. The van der Waals surface area contributed by atoms with Gasteiger partial charge >= 0.3 is 0 Å². The first kappa shape index (κ1) is 15.6. The highest BCUT2D eigenvalue weighted by Gasteiger charge is 2.20. The highest BCUT2D eigenvalue weighted by atomic mass is 35.5. The first-order valence-electron chi connectivity index (χ1n) is 7.40. The van der Waals surface area contributed by atoms with Crippen molar-refractivity contribution >= 4 is 11.6 Å². The Labute approximate surface area is 127 Å². The van der Waals surface area contributed by atoms with Crippen LogP contribution in [0, 0.1) is 0 Å². The lowest BCUT2D eigenvalue weighted by atomic mass is 10.0. The molecule has 0 spiro atoms. The molecule has 112 valence electrons. The number of hydrogen-bond acceptors (Lipinski definition) is 3. The summed E-state index contributed by atoms with van der Waals surface area (Å²) in [6.07, 6.45) is 2.42. The van der Waals surface area contributed by atoms with E-state index in [0.29, 0.717) is 12.1 Å². The zero-order valence-electron chi connectivity index (χ0n) is 12.7. The molecule has 2 rings (SSSR count). The molecule has 1 N–H and O–H groups in total. The maximum absolute atomic E-state index is 6.06. The van der Waals surface area contributed by atoms with Crippen molar-refractivity contribution in [2.45, 2.75) is 45.3 Å². The summed E-state index contributed by atoms with van der Waals surface area (Å²) < 4.78 is 5.38. The quantitative estimate of drug-likeness (QED) is 0.902. The summed E-state index contributed by atoms with van der Waals surface area (Å²) in [5, 5.41) is 4.40.